The lowest BCUT2D eigenvalue weighted by Crippen LogP contribution is -2.36. The van der Waals surface area contributed by atoms with Gasteiger partial charge in [-0.15, -0.1) is 0 Å². The van der Waals surface area contributed by atoms with E-state index in [1.54, 1.807) is 18.2 Å². The molecular weight excluding hydrogens is 326 g/mol. The van der Waals surface area contributed by atoms with Gasteiger partial charge in [-0.3, -0.25) is 9.59 Å². The summed E-state index contributed by atoms with van der Waals surface area (Å²) in [6.07, 6.45) is 0.301. The lowest BCUT2D eigenvalue weighted by atomic mass is 9.92. The van der Waals surface area contributed by atoms with Crippen LogP contribution in [0.2, 0.25) is 0 Å². The number of rotatable bonds is 2. The molecule has 3 aromatic rings. The van der Waals surface area contributed by atoms with E-state index < -0.39 is 5.60 Å². The Bertz CT molecular complexity index is 1040. The van der Waals surface area contributed by atoms with Crippen LogP contribution < -0.4 is 10.1 Å². The normalized spacial score (nSPS) is 15.2. The first-order valence-electron chi connectivity index (χ1n) is 8.58. The maximum Gasteiger partial charge on any atom is 0.255 e. The number of fused-ring (bicyclic) bond motifs is 2. The molecule has 3 aromatic carbocycles. The highest BCUT2D eigenvalue weighted by Crippen LogP contribution is 2.33. The molecule has 1 heterocycles. The van der Waals surface area contributed by atoms with Crippen LogP contribution >= 0.6 is 0 Å². The zero-order valence-electron chi connectivity index (χ0n) is 14.7. The van der Waals surface area contributed by atoms with Crippen molar-refractivity contribution in [1.82, 2.24) is 0 Å². The van der Waals surface area contributed by atoms with Crippen molar-refractivity contribution in [2.75, 3.05) is 5.32 Å². The van der Waals surface area contributed by atoms with Crippen molar-refractivity contribution in [2.45, 2.75) is 25.9 Å². The summed E-state index contributed by atoms with van der Waals surface area (Å²) in [4.78, 5) is 25.0. The zero-order valence-corrected chi connectivity index (χ0v) is 14.7. The van der Waals surface area contributed by atoms with Gasteiger partial charge in [-0.05, 0) is 55.0 Å². The van der Waals surface area contributed by atoms with Crippen molar-refractivity contribution in [3.63, 3.8) is 0 Å². The quantitative estimate of drug-likeness (QED) is 0.723. The van der Waals surface area contributed by atoms with Crippen molar-refractivity contribution in [3.8, 4) is 5.75 Å². The summed E-state index contributed by atoms with van der Waals surface area (Å²) in [6.45, 7) is 3.77. The first-order valence-corrected chi connectivity index (χ1v) is 8.58. The average molecular weight is 345 g/mol. The molecule has 4 heteroatoms. The molecule has 1 aliphatic rings. The minimum Gasteiger partial charge on any atom is -0.487 e. The number of Topliss-reactive ketones (excluding diaryl/α,β-unsaturated/α-hetero) is 1. The number of ketones is 1. The van der Waals surface area contributed by atoms with Crippen molar-refractivity contribution in [3.05, 3.63) is 71.8 Å². The minimum absolute atomic E-state index is 0.00314. The Kier molecular flexibility index (Phi) is 3.76. The summed E-state index contributed by atoms with van der Waals surface area (Å²) in [5.41, 5.74) is 1.11. The van der Waals surface area contributed by atoms with Crippen LogP contribution in [0, 0.1) is 0 Å². The van der Waals surface area contributed by atoms with Gasteiger partial charge in [0.15, 0.2) is 5.78 Å². The molecule has 4 rings (SSSR count). The van der Waals surface area contributed by atoms with Gasteiger partial charge in [-0.2, -0.15) is 0 Å². The zero-order chi connectivity index (χ0) is 18.3. The molecule has 26 heavy (non-hydrogen) atoms. The lowest BCUT2D eigenvalue weighted by Gasteiger charge is -2.31. The second-order valence-corrected chi connectivity index (χ2v) is 7.19. The topological polar surface area (TPSA) is 55.4 Å². The first kappa shape index (κ1) is 16.3. The van der Waals surface area contributed by atoms with Gasteiger partial charge in [0.2, 0.25) is 0 Å². The van der Waals surface area contributed by atoms with Crippen LogP contribution in [0.1, 0.15) is 41.0 Å². The molecular formula is C22H19NO3. The van der Waals surface area contributed by atoms with Crippen LogP contribution in [0.3, 0.4) is 0 Å². The summed E-state index contributed by atoms with van der Waals surface area (Å²) in [5.74, 6) is 0.283. The molecule has 4 nitrogen and oxygen atoms in total. The van der Waals surface area contributed by atoms with Crippen LogP contribution in [0.25, 0.3) is 10.8 Å². The highest BCUT2D eigenvalue weighted by atomic mass is 16.5. The van der Waals surface area contributed by atoms with Crippen LogP contribution in [0.5, 0.6) is 5.75 Å². The van der Waals surface area contributed by atoms with E-state index in [-0.39, 0.29) is 11.7 Å². The van der Waals surface area contributed by atoms with Crippen molar-refractivity contribution < 1.29 is 14.3 Å². The number of ether oxygens (including phenoxy) is 1. The summed E-state index contributed by atoms with van der Waals surface area (Å²) in [6, 6.07) is 18.7. The third-order valence-corrected chi connectivity index (χ3v) is 4.52. The fourth-order valence-corrected chi connectivity index (χ4v) is 3.26. The molecule has 0 aromatic heterocycles. The summed E-state index contributed by atoms with van der Waals surface area (Å²) >= 11 is 0. The van der Waals surface area contributed by atoms with Gasteiger partial charge in [0.25, 0.3) is 5.91 Å². The molecule has 1 N–H and O–H groups in total. The Morgan fingerprint density at radius 1 is 1.00 bits per heavy atom. The molecule has 130 valence electrons. The number of anilines is 1. The van der Waals surface area contributed by atoms with Crippen LogP contribution in [-0.2, 0) is 0 Å². The predicted octanol–water partition coefficient (Wildman–Crippen LogP) is 4.84. The fourth-order valence-electron chi connectivity index (χ4n) is 3.26. The number of hydrogen-bond acceptors (Lipinski definition) is 3. The van der Waals surface area contributed by atoms with Crippen molar-refractivity contribution in [2.24, 2.45) is 0 Å². The molecule has 0 fully saturated rings. The Morgan fingerprint density at radius 3 is 2.58 bits per heavy atom. The smallest absolute Gasteiger partial charge is 0.255 e. The van der Waals surface area contributed by atoms with E-state index in [2.05, 4.69) is 5.32 Å². The summed E-state index contributed by atoms with van der Waals surface area (Å²) < 4.78 is 5.84. The Labute approximate surface area is 151 Å². The number of nitrogens with one attached hydrogen (secondary N) is 1. The largest absolute Gasteiger partial charge is 0.487 e. The van der Waals surface area contributed by atoms with Crippen LogP contribution in [0.15, 0.2) is 60.7 Å². The third-order valence-electron chi connectivity index (χ3n) is 4.52. The molecule has 1 aliphatic heterocycles. The van der Waals surface area contributed by atoms with Crippen LogP contribution in [0.4, 0.5) is 5.69 Å². The van der Waals surface area contributed by atoms with Crippen molar-refractivity contribution in [1.29, 1.82) is 0 Å². The van der Waals surface area contributed by atoms with Gasteiger partial charge < -0.3 is 10.1 Å². The molecule has 0 saturated heterocycles. The molecule has 0 unspecified atom stereocenters. The van der Waals surface area contributed by atoms with Gasteiger partial charge in [0.1, 0.15) is 11.4 Å². The predicted molar refractivity (Wildman–Crippen MR) is 102 cm³/mol. The van der Waals surface area contributed by atoms with Crippen molar-refractivity contribution >= 4 is 28.2 Å². The third kappa shape index (κ3) is 3.06. The first-order chi connectivity index (χ1) is 12.4. The molecule has 0 aliphatic carbocycles. The molecule has 0 atom stereocenters. The maximum absolute atomic E-state index is 12.6. The minimum atomic E-state index is -0.515. The second kappa shape index (κ2) is 5.99. The van der Waals surface area contributed by atoms with E-state index in [1.165, 1.54) is 0 Å². The number of carbonyl (C=O) groups is 2. The Hall–Kier alpha value is -3.14. The molecule has 0 radical (unpaired) electrons. The monoisotopic (exact) mass is 345 g/mol. The second-order valence-electron chi connectivity index (χ2n) is 7.19. The summed E-state index contributed by atoms with van der Waals surface area (Å²) in [5, 5.41) is 5.07. The fraction of sp³-hybridized carbons (Fsp3) is 0.182. The number of benzene rings is 3. The van der Waals surface area contributed by atoms with E-state index in [0.29, 0.717) is 23.3 Å². The van der Waals surface area contributed by atoms with E-state index in [9.17, 15) is 9.59 Å². The Morgan fingerprint density at radius 2 is 1.77 bits per heavy atom. The van der Waals surface area contributed by atoms with E-state index in [0.717, 1.165) is 16.5 Å². The summed E-state index contributed by atoms with van der Waals surface area (Å²) in [7, 11) is 0. The highest BCUT2D eigenvalue weighted by Gasteiger charge is 2.32. The number of hydrogen-bond donors (Lipinski definition) is 1. The van der Waals surface area contributed by atoms with Gasteiger partial charge in [-0.25, -0.2) is 0 Å². The van der Waals surface area contributed by atoms with Gasteiger partial charge in [0.05, 0.1) is 12.0 Å². The average Bonchev–Trinajstić information content (AvgIpc) is 2.60. The van der Waals surface area contributed by atoms with Crippen LogP contribution in [-0.4, -0.2) is 17.3 Å². The van der Waals surface area contributed by atoms with E-state index in [1.807, 2.05) is 56.3 Å². The van der Waals surface area contributed by atoms with Gasteiger partial charge in [0, 0.05) is 11.3 Å². The SMILES string of the molecule is CC1(C)CC(=O)c2cc(C(=O)Nc3ccc4ccccc4c3)ccc2O1. The van der Waals surface area contributed by atoms with E-state index >= 15 is 0 Å². The molecule has 1 amide bonds. The van der Waals surface area contributed by atoms with Gasteiger partial charge >= 0.3 is 0 Å². The number of amides is 1. The maximum atomic E-state index is 12.6. The Balaban J connectivity index is 1.60. The standard InChI is InChI=1S/C22H19NO3/c1-22(2)13-19(24)18-12-16(8-10-20(18)26-22)21(25)23-17-9-7-14-5-3-4-6-15(14)11-17/h3-12H,13H2,1-2H3,(H,23,25). The van der Waals surface area contributed by atoms with Gasteiger partial charge in [-0.1, -0.05) is 30.3 Å². The lowest BCUT2D eigenvalue weighted by molar-refractivity contribution is 0.0620. The van der Waals surface area contributed by atoms with E-state index in [4.69, 9.17) is 4.74 Å². The molecule has 0 bridgehead atoms. The number of carbonyl (C=O) groups excluding carboxylic acids is 2. The molecule has 0 saturated carbocycles. The highest BCUT2D eigenvalue weighted by molar-refractivity contribution is 6.08. The molecule has 0 spiro atoms.